The lowest BCUT2D eigenvalue weighted by atomic mass is 9.82. The Morgan fingerprint density at radius 1 is 1.14 bits per heavy atom. The number of Topliss-reactive ketones (excluding diaryl/α,β-unsaturated/α-hetero) is 1. The minimum atomic E-state index is -0.792. The van der Waals surface area contributed by atoms with Gasteiger partial charge in [0, 0.05) is 27.5 Å². The molecule has 0 radical (unpaired) electrons. The zero-order chi connectivity index (χ0) is 20.4. The Hall–Kier alpha value is -1.59. The first-order valence-electron chi connectivity index (χ1n) is 9.46. The molecule has 28 heavy (non-hydrogen) atoms. The number of cyclic esters (lactones) is 1. The molecule has 0 aromatic heterocycles. The summed E-state index contributed by atoms with van der Waals surface area (Å²) in [6.07, 6.45) is -0.0850. The third-order valence-electron chi connectivity index (χ3n) is 5.23. The van der Waals surface area contributed by atoms with Crippen LogP contribution in [0.4, 0.5) is 0 Å². The van der Waals surface area contributed by atoms with Crippen molar-refractivity contribution < 1.29 is 14.3 Å². The summed E-state index contributed by atoms with van der Waals surface area (Å²) in [6.45, 7) is 7.97. The summed E-state index contributed by atoms with van der Waals surface area (Å²) in [4.78, 5) is 26.8. The maximum Gasteiger partial charge on any atom is 0.321 e. The average molecular weight is 461 g/mol. The molecule has 3 rings (SSSR count). The Morgan fingerprint density at radius 2 is 1.79 bits per heavy atom. The molecule has 3 atom stereocenters. The van der Waals surface area contributed by atoms with Gasteiger partial charge in [0.05, 0.1) is 0 Å². The Kier molecular flexibility index (Phi) is 6.66. The predicted octanol–water partition coefficient (Wildman–Crippen LogP) is 5.77. The molecule has 1 saturated heterocycles. The molecule has 2 aromatic rings. The van der Waals surface area contributed by atoms with Gasteiger partial charge in [-0.15, -0.1) is 11.8 Å². The summed E-state index contributed by atoms with van der Waals surface area (Å²) in [7, 11) is 0. The number of thioether (sulfide) groups is 1. The topological polar surface area (TPSA) is 43.4 Å². The van der Waals surface area contributed by atoms with Crippen LogP contribution in [0.3, 0.4) is 0 Å². The van der Waals surface area contributed by atoms with Crippen LogP contribution in [0.5, 0.6) is 0 Å². The van der Waals surface area contributed by atoms with Gasteiger partial charge in [-0.1, -0.05) is 36.8 Å². The number of benzene rings is 2. The molecule has 1 heterocycles. The summed E-state index contributed by atoms with van der Waals surface area (Å²) in [5.74, 6) is -0.365. The van der Waals surface area contributed by atoms with Crippen LogP contribution in [0, 0.1) is 26.7 Å². The van der Waals surface area contributed by atoms with E-state index in [2.05, 4.69) is 22.0 Å². The van der Waals surface area contributed by atoms with Gasteiger partial charge < -0.3 is 4.74 Å². The van der Waals surface area contributed by atoms with E-state index in [1.165, 1.54) is 0 Å². The molecule has 148 valence electrons. The van der Waals surface area contributed by atoms with E-state index in [1.54, 1.807) is 11.8 Å². The van der Waals surface area contributed by atoms with E-state index in [1.807, 2.05) is 58.0 Å². The first-order valence-corrected chi connectivity index (χ1v) is 11.2. The van der Waals surface area contributed by atoms with Crippen molar-refractivity contribution in [1.82, 2.24) is 0 Å². The number of aryl methyl sites for hydroxylation is 3. The van der Waals surface area contributed by atoms with E-state index in [4.69, 9.17) is 4.74 Å². The van der Waals surface area contributed by atoms with Crippen molar-refractivity contribution in [3.8, 4) is 0 Å². The Bertz CT molecular complexity index is 867. The van der Waals surface area contributed by atoms with Crippen LogP contribution >= 0.6 is 27.7 Å². The minimum Gasteiger partial charge on any atom is -0.461 e. The lowest BCUT2D eigenvalue weighted by Gasteiger charge is -2.32. The summed E-state index contributed by atoms with van der Waals surface area (Å²) >= 11 is 5.26. The summed E-state index contributed by atoms with van der Waals surface area (Å²) < 4.78 is 6.81. The molecule has 5 heteroatoms. The van der Waals surface area contributed by atoms with Gasteiger partial charge in [0.1, 0.15) is 12.0 Å². The number of rotatable bonds is 5. The molecule has 2 aromatic carbocycles. The van der Waals surface area contributed by atoms with Crippen LogP contribution < -0.4 is 0 Å². The van der Waals surface area contributed by atoms with Crippen molar-refractivity contribution in [2.45, 2.75) is 51.0 Å². The zero-order valence-corrected chi connectivity index (χ0v) is 19.0. The monoisotopic (exact) mass is 460 g/mol. The van der Waals surface area contributed by atoms with Crippen LogP contribution in [-0.2, 0) is 14.3 Å². The Balaban J connectivity index is 1.70. The minimum absolute atomic E-state index is 0.0333. The first-order chi connectivity index (χ1) is 13.3. The average Bonchev–Trinajstić information content (AvgIpc) is 2.62. The van der Waals surface area contributed by atoms with Gasteiger partial charge in [-0.25, -0.2) is 0 Å². The van der Waals surface area contributed by atoms with Gasteiger partial charge in [0.15, 0.2) is 5.78 Å². The van der Waals surface area contributed by atoms with Crippen molar-refractivity contribution in [2.75, 3.05) is 5.75 Å². The zero-order valence-electron chi connectivity index (χ0n) is 16.6. The van der Waals surface area contributed by atoms with Crippen molar-refractivity contribution in [3.05, 3.63) is 63.1 Å². The van der Waals surface area contributed by atoms with Crippen molar-refractivity contribution in [3.63, 3.8) is 0 Å². The first kappa shape index (κ1) is 21.1. The third kappa shape index (κ3) is 4.52. The smallest absolute Gasteiger partial charge is 0.321 e. The molecule has 3 unspecified atom stereocenters. The molecule has 3 nitrogen and oxygen atoms in total. The maximum absolute atomic E-state index is 12.9. The number of esters is 1. The molecule has 0 bridgehead atoms. The fraction of sp³-hybridized carbons (Fsp3) is 0.391. The second-order valence-corrected chi connectivity index (χ2v) is 9.53. The van der Waals surface area contributed by atoms with Crippen LogP contribution in [-0.4, -0.2) is 23.6 Å². The summed E-state index contributed by atoms with van der Waals surface area (Å²) in [5, 5.41) is 0. The predicted molar refractivity (Wildman–Crippen MR) is 117 cm³/mol. The van der Waals surface area contributed by atoms with E-state index < -0.39 is 11.9 Å². The lowest BCUT2D eigenvalue weighted by Crippen LogP contribution is -2.41. The molecule has 1 aliphatic heterocycles. The molecule has 0 saturated carbocycles. The summed E-state index contributed by atoms with van der Waals surface area (Å²) in [5.41, 5.74) is 3.90. The summed E-state index contributed by atoms with van der Waals surface area (Å²) in [6, 6.07) is 12.1. The lowest BCUT2D eigenvalue weighted by molar-refractivity contribution is -0.162. The molecule has 0 aliphatic carbocycles. The molecule has 0 N–H and O–H groups in total. The highest BCUT2D eigenvalue weighted by molar-refractivity contribution is 9.10. The molecule has 1 aliphatic rings. The van der Waals surface area contributed by atoms with E-state index >= 15 is 0 Å². The van der Waals surface area contributed by atoms with Gasteiger partial charge in [-0.3, -0.25) is 9.59 Å². The molecular formula is C23H25BrO3S. The van der Waals surface area contributed by atoms with E-state index in [9.17, 15) is 9.59 Å². The molecule has 1 fully saturated rings. The number of carbonyl (C=O) groups is 2. The highest BCUT2D eigenvalue weighted by Crippen LogP contribution is 2.35. The fourth-order valence-electron chi connectivity index (χ4n) is 3.84. The van der Waals surface area contributed by atoms with E-state index in [0.717, 1.165) is 37.4 Å². The van der Waals surface area contributed by atoms with Crippen molar-refractivity contribution in [2.24, 2.45) is 5.92 Å². The van der Waals surface area contributed by atoms with Crippen LogP contribution in [0.2, 0.25) is 0 Å². The van der Waals surface area contributed by atoms with E-state index in [0.29, 0.717) is 0 Å². The number of ketones is 1. The number of hydrogen-bond donors (Lipinski definition) is 0. The third-order valence-corrected chi connectivity index (χ3v) is 7.54. The molecular weight excluding hydrogens is 436 g/mol. The Labute approximate surface area is 179 Å². The van der Waals surface area contributed by atoms with Crippen molar-refractivity contribution in [1.29, 1.82) is 0 Å². The SMILES string of the molecule is Cc1cc(C)c(C2C(=O)CC(C(C)CSc3ccccc3Br)OC2=O)c(C)c1. The number of carbonyl (C=O) groups excluding carboxylic acids is 2. The second-order valence-electron chi connectivity index (χ2n) is 7.61. The highest BCUT2D eigenvalue weighted by atomic mass is 79.9. The van der Waals surface area contributed by atoms with Gasteiger partial charge in [-0.05, 0) is 65.5 Å². The van der Waals surface area contributed by atoms with Crippen molar-refractivity contribution >= 4 is 39.4 Å². The maximum atomic E-state index is 12.9. The van der Waals surface area contributed by atoms with E-state index in [-0.39, 0.29) is 24.2 Å². The standard InChI is InChI=1S/C23H25BrO3S/c1-13-9-14(2)21(15(3)10-13)22-18(25)11-19(27-23(22)26)16(4)12-28-20-8-6-5-7-17(20)24/h5-10,16,19,22H,11-12H2,1-4H3. The molecule has 0 spiro atoms. The number of ether oxygens (including phenoxy) is 1. The van der Waals surface area contributed by atoms with Gasteiger partial charge in [0.25, 0.3) is 0 Å². The van der Waals surface area contributed by atoms with Crippen LogP contribution in [0.1, 0.15) is 41.5 Å². The number of hydrogen-bond acceptors (Lipinski definition) is 4. The van der Waals surface area contributed by atoms with Gasteiger partial charge in [0.2, 0.25) is 0 Å². The second kappa shape index (κ2) is 8.83. The highest BCUT2D eigenvalue weighted by Gasteiger charge is 2.41. The fourth-order valence-corrected chi connectivity index (χ4v) is 5.51. The quantitative estimate of drug-likeness (QED) is 0.322. The normalized spacial score (nSPS) is 20.8. The van der Waals surface area contributed by atoms with Crippen LogP contribution in [0.15, 0.2) is 45.8 Å². The van der Waals surface area contributed by atoms with Gasteiger partial charge in [-0.2, -0.15) is 0 Å². The Morgan fingerprint density at radius 3 is 2.39 bits per heavy atom. The largest absolute Gasteiger partial charge is 0.461 e. The van der Waals surface area contributed by atoms with Crippen LogP contribution in [0.25, 0.3) is 0 Å². The number of halogens is 1. The van der Waals surface area contributed by atoms with Gasteiger partial charge >= 0.3 is 5.97 Å². The molecule has 0 amide bonds.